The van der Waals surface area contributed by atoms with Crippen LogP contribution in [0.25, 0.3) is 0 Å². The van der Waals surface area contributed by atoms with Crippen LogP contribution in [0.5, 0.6) is 0 Å². The lowest BCUT2D eigenvalue weighted by molar-refractivity contribution is -0.120. The monoisotopic (exact) mass is 185 g/mol. The number of nitrogens with zero attached hydrogens (tertiary/aromatic N) is 1. The summed E-state index contributed by atoms with van der Waals surface area (Å²) in [6.45, 7) is 4.28. The third-order valence-corrected chi connectivity index (χ3v) is 2.22. The molecule has 1 saturated heterocycles. The van der Waals surface area contributed by atoms with E-state index < -0.39 is 0 Å². The van der Waals surface area contributed by atoms with Crippen LogP contribution in [-0.2, 0) is 9.53 Å². The SMILES string of the molecule is CCOC(=O)N1CCC[C@@H]1C(C)=O. The number of likely N-dealkylation sites (tertiary alicyclic amines) is 1. The van der Waals surface area contributed by atoms with E-state index in [1.54, 1.807) is 6.92 Å². The van der Waals surface area contributed by atoms with Gasteiger partial charge in [-0.1, -0.05) is 0 Å². The summed E-state index contributed by atoms with van der Waals surface area (Å²) in [6, 6.07) is -0.251. The Bertz CT molecular complexity index is 215. The maximum Gasteiger partial charge on any atom is 0.410 e. The summed E-state index contributed by atoms with van der Waals surface area (Å²) in [4.78, 5) is 23.9. The van der Waals surface area contributed by atoms with Crippen molar-refractivity contribution in [2.75, 3.05) is 13.2 Å². The summed E-state index contributed by atoms with van der Waals surface area (Å²) in [6.07, 6.45) is 1.30. The third kappa shape index (κ3) is 2.20. The van der Waals surface area contributed by atoms with Gasteiger partial charge < -0.3 is 4.74 Å². The Morgan fingerprint density at radius 3 is 2.77 bits per heavy atom. The van der Waals surface area contributed by atoms with Crippen molar-refractivity contribution in [1.29, 1.82) is 0 Å². The second kappa shape index (κ2) is 4.25. The largest absolute Gasteiger partial charge is 0.450 e. The van der Waals surface area contributed by atoms with Gasteiger partial charge in [0.2, 0.25) is 0 Å². The van der Waals surface area contributed by atoms with E-state index in [0.717, 1.165) is 12.8 Å². The highest BCUT2D eigenvalue weighted by atomic mass is 16.6. The molecule has 0 aromatic rings. The second-order valence-electron chi connectivity index (χ2n) is 3.16. The number of ketones is 1. The fourth-order valence-electron chi connectivity index (χ4n) is 1.61. The quantitative estimate of drug-likeness (QED) is 0.649. The first kappa shape index (κ1) is 10.0. The number of carbonyl (C=O) groups is 2. The molecule has 1 amide bonds. The van der Waals surface area contributed by atoms with E-state index >= 15 is 0 Å². The molecule has 1 fully saturated rings. The van der Waals surface area contributed by atoms with Crippen LogP contribution in [0.3, 0.4) is 0 Å². The van der Waals surface area contributed by atoms with E-state index in [4.69, 9.17) is 4.74 Å². The van der Waals surface area contributed by atoms with Crippen LogP contribution in [-0.4, -0.2) is 36.0 Å². The number of carbonyl (C=O) groups excluding carboxylic acids is 2. The van der Waals surface area contributed by atoms with Crippen LogP contribution >= 0.6 is 0 Å². The minimum Gasteiger partial charge on any atom is -0.450 e. The molecule has 1 aliphatic heterocycles. The molecule has 0 aliphatic carbocycles. The van der Waals surface area contributed by atoms with Crippen LogP contribution in [0, 0.1) is 0 Å². The highest BCUT2D eigenvalue weighted by Crippen LogP contribution is 2.18. The molecule has 0 radical (unpaired) electrons. The zero-order valence-electron chi connectivity index (χ0n) is 8.08. The van der Waals surface area contributed by atoms with Gasteiger partial charge in [-0.3, -0.25) is 9.69 Å². The van der Waals surface area contributed by atoms with E-state index in [9.17, 15) is 9.59 Å². The summed E-state index contributed by atoms with van der Waals surface area (Å²) in [5.74, 6) is 0.0468. The standard InChI is InChI=1S/C9H15NO3/c1-3-13-9(12)10-6-4-5-8(10)7(2)11/h8H,3-6H2,1-2H3/t8-/m1/s1. The molecule has 0 bridgehead atoms. The van der Waals surface area contributed by atoms with Crippen molar-refractivity contribution >= 4 is 11.9 Å². The summed E-state index contributed by atoms with van der Waals surface area (Å²) in [5.41, 5.74) is 0. The molecule has 74 valence electrons. The molecule has 1 atom stereocenters. The Morgan fingerprint density at radius 1 is 1.54 bits per heavy atom. The van der Waals surface area contributed by atoms with Crippen molar-refractivity contribution in [3.63, 3.8) is 0 Å². The average molecular weight is 185 g/mol. The smallest absolute Gasteiger partial charge is 0.410 e. The summed E-state index contributed by atoms with van der Waals surface area (Å²) < 4.78 is 4.84. The van der Waals surface area contributed by atoms with E-state index in [1.807, 2.05) is 0 Å². The maximum atomic E-state index is 11.3. The van der Waals surface area contributed by atoms with Gasteiger partial charge in [-0.25, -0.2) is 4.79 Å². The zero-order valence-corrected chi connectivity index (χ0v) is 8.08. The Morgan fingerprint density at radius 2 is 2.23 bits per heavy atom. The van der Waals surface area contributed by atoms with Gasteiger partial charge in [-0.05, 0) is 26.7 Å². The first-order valence-electron chi connectivity index (χ1n) is 4.60. The number of Topliss-reactive ketones (excluding diaryl/α,β-unsaturated/α-hetero) is 1. The van der Waals surface area contributed by atoms with E-state index in [0.29, 0.717) is 13.2 Å². The summed E-state index contributed by atoms with van der Waals surface area (Å²) >= 11 is 0. The van der Waals surface area contributed by atoms with E-state index in [1.165, 1.54) is 11.8 Å². The van der Waals surface area contributed by atoms with Crippen LogP contribution < -0.4 is 0 Å². The van der Waals surface area contributed by atoms with Gasteiger partial charge in [0.25, 0.3) is 0 Å². The van der Waals surface area contributed by atoms with Gasteiger partial charge in [0, 0.05) is 6.54 Å². The molecule has 1 rings (SSSR count). The summed E-state index contributed by atoms with van der Waals surface area (Å²) in [7, 11) is 0. The lowest BCUT2D eigenvalue weighted by atomic mass is 10.1. The number of amides is 1. The van der Waals surface area contributed by atoms with Crippen LogP contribution in [0.2, 0.25) is 0 Å². The van der Waals surface area contributed by atoms with Crippen molar-refractivity contribution in [2.24, 2.45) is 0 Å². The predicted octanol–water partition coefficient (Wildman–Crippen LogP) is 1.20. The number of hydrogen-bond donors (Lipinski definition) is 0. The Labute approximate surface area is 77.8 Å². The van der Waals surface area contributed by atoms with Gasteiger partial charge in [0.05, 0.1) is 12.6 Å². The number of hydrogen-bond acceptors (Lipinski definition) is 3. The third-order valence-electron chi connectivity index (χ3n) is 2.22. The molecule has 0 aromatic heterocycles. The molecule has 4 heteroatoms. The molecule has 1 heterocycles. The van der Waals surface area contributed by atoms with Gasteiger partial charge in [-0.2, -0.15) is 0 Å². The fourth-order valence-corrected chi connectivity index (χ4v) is 1.61. The van der Waals surface area contributed by atoms with Crippen LogP contribution in [0.4, 0.5) is 4.79 Å². The lowest BCUT2D eigenvalue weighted by Crippen LogP contribution is -2.39. The first-order valence-corrected chi connectivity index (χ1v) is 4.60. The number of rotatable bonds is 2. The lowest BCUT2D eigenvalue weighted by Gasteiger charge is -2.21. The topological polar surface area (TPSA) is 46.6 Å². The molecule has 0 aromatic carbocycles. The summed E-state index contributed by atoms with van der Waals surface area (Å²) in [5, 5.41) is 0. The van der Waals surface area contributed by atoms with Gasteiger partial charge in [0.15, 0.2) is 5.78 Å². The molecule has 4 nitrogen and oxygen atoms in total. The molecule has 1 aliphatic rings. The van der Waals surface area contributed by atoms with Crippen molar-refractivity contribution < 1.29 is 14.3 Å². The predicted molar refractivity (Wildman–Crippen MR) is 47.4 cm³/mol. The number of ether oxygens (including phenoxy) is 1. The van der Waals surface area contributed by atoms with Crippen LogP contribution in [0.15, 0.2) is 0 Å². The van der Waals surface area contributed by atoms with Crippen molar-refractivity contribution in [1.82, 2.24) is 4.90 Å². The molecule has 0 unspecified atom stereocenters. The molecule has 0 N–H and O–H groups in total. The highest BCUT2D eigenvalue weighted by molar-refractivity contribution is 5.85. The molecule has 13 heavy (non-hydrogen) atoms. The molecule has 0 spiro atoms. The fraction of sp³-hybridized carbons (Fsp3) is 0.778. The van der Waals surface area contributed by atoms with Crippen molar-refractivity contribution in [2.45, 2.75) is 32.7 Å². The minimum atomic E-state index is -0.361. The van der Waals surface area contributed by atoms with Gasteiger partial charge in [0.1, 0.15) is 0 Å². The van der Waals surface area contributed by atoms with Gasteiger partial charge >= 0.3 is 6.09 Å². The molecule has 0 saturated carbocycles. The second-order valence-corrected chi connectivity index (χ2v) is 3.16. The highest BCUT2D eigenvalue weighted by Gasteiger charge is 2.32. The van der Waals surface area contributed by atoms with E-state index in [2.05, 4.69) is 0 Å². The van der Waals surface area contributed by atoms with Crippen molar-refractivity contribution in [3.8, 4) is 0 Å². The first-order chi connectivity index (χ1) is 6.16. The Kier molecular flexibility index (Phi) is 3.28. The van der Waals surface area contributed by atoms with Crippen molar-refractivity contribution in [3.05, 3.63) is 0 Å². The van der Waals surface area contributed by atoms with Crippen LogP contribution in [0.1, 0.15) is 26.7 Å². The average Bonchev–Trinajstić information content (AvgIpc) is 2.52. The minimum absolute atomic E-state index is 0.0468. The maximum absolute atomic E-state index is 11.3. The molecular weight excluding hydrogens is 170 g/mol. The Hall–Kier alpha value is -1.06. The normalized spacial score (nSPS) is 21.7. The van der Waals surface area contributed by atoms with Gasteiger partial charge in [-0.15, -0.1) is 0 Å². The van der Waals surface area contributed by atoms with E-state index in [-0.39, 0.29) is 17.9 Å². The zero-order chi connectivity index (χ0) is 9.84. The molecular formula is C9H15NO3. The Balaban J connectivity index is 2.57.